The van der Waals surface area contributed by atoms with Gasteiger partial charge in [-0.2, -0.15) is 0 Å². The zero-order valence-corrected chi connectivity index (χ0v) is 31.9. The zero-order chi connectivity index (χ0) is 31.9. The lowest BCUT2D eigenvalue weighted by molar-refractivity contribution is -0.109. The molecule has 0 bridgehead atoms. The Bertz CT molecular complexity index is 688. The van der Waals surface area contributed by atoms with Crippen molar-refractivity contribution in [3.8, 4) is 0 Å². The summed E-state index contributed by atoms with van der Waals surface area (Å²) in [7, 11) is 0. The lowest BCUT2D eigenvalue weighted by atomic mass is 9.43. The van der Waals surface area contributed by atoms with Crippen LogP contribution in [0.1, 0.15) is 245 Å². The summed E-state index contributed by atoms with van der Waals surface area (Å²) in [6.07, 6.45) is 55.6. The van der Waals surface area contributed by atoms with E-state index in [-0.39, 0.29) is 0 Å². The third kappa shape index (κ3) is 11.5. The van der Waals surface area contributed by atoms with Crippen molar-refractivity contribution in [2.24, 2.45) is 46.3 Å². The van der Waals surface area contributed by atoms with Crippen molar-refractivity contribution < 1.29 is 0 Å². The molecule has 0 atom stereocenters. The van der Waals surface area contributed by atoms with Gasteiger partial charge < -0.3 is 0 Å². The van der Waals surface area contributed by atoms with Crippen LogP contribution >= 0.6 is 0 Å². The van der Waals surface area contributed by atoms with Crippen LogP contribution in [-0.2, 0) is 0 Å². The van der Waals surface area contributed by atoms with E-state index in [1.54, 1.807) is 128 Å². The van der Waals surface area contributed by atoms with E-state index >= 15 is 0 Å². The van der Waals surface area contributed by atoms with Gasteiger partial charge in [0.2, 0.25) is 0 Å². The van der Waals surface area contributed by atoms with Crippen LogP contribution in [0.25, 0.3) is 0 Å². The Labute approximate surface area is 290 Å². The molecular weight excluding hydrogens is 553 g/mol. The monoisotopic (exact) mass is 637 g/mol. The third-order valence-corrected chi connectivity index (χ3v) is 15.7. The van der Waals surface area contributed by atoms with E-state index in [0.29, 0.717) is 0 Å². The quantitative estimate of drug-likeness (QED) is 0.117. The topological polar surface area (TPSA) is 0 Å². The standard InChI is InChI=1S/C46H84/c1-3-5-7-9-11-13-15-17-19-39-21-25-41(26-22-39)43-29-33-45(34-30-43)37-46(38-45)35-31-44(32-36-46)42-27-23-40(24-28-42)20-18-16-14-12-10-8-6-4-2/h39-44H,3-38H2,1-2H3/t39-,40-,41-,42-,43?,44?,45?,46?. The minimum Gasteiger partial charge on any atom is -0.0654 e. The minimum absolute atomic E-state index is 0.810. The molecule has 0 radical (unpaired) electrons. The van der Waals surface area contributed by atoms with Crippen molar-refractivity contribution in [3.63, 3.8) is 0 Å². The fourth-order valence-corrected chi connectivity index (χ4v) is 12.7. The molecule has 5 aliphatic carbocycles. The van der Waals surface area contributed by atoms with E-state index in [4.69, 9.17) is 0 Å². The number of rotatable bonds is 20. The first-order valence-corrected chi connectivity index (χ1v) is 22.6. The molecule has 46 heavy (non-hydrogen) atoms. The van der Waals surface area contributed by atoms with Crippen molar-refractivity contribution in [3.05, 3.63) is 0 Å². The zero-order valence-electron chi connectivity index (χ0n) is 31.9. The number of unbranched alkanes of at least 4 members (excludes halogenated alkanes) is 14. The number of hydrogen-bond donors (Lipinski definition) is 0. The molecule has 2 spiro atoms. The first-order valence-electron chi connectivity index (χ1n) is 22.6. The lowest BCUT2D eigenvalue weighted by Crippen LogP contribution is -2.50. The van der Waals surface area contributed by atoms with E-state index in [2.05, 4.69) is 13.8 Å². The minimum atomic E-state index is 0.810. The molecule has 0 aromatic rings. The smallest absolute Gasteiger partial charge is 0.0287 e. The van der Waals surface area contributed by atoms with Gasteiger partial charge in [-0.1, -0.05) is 155 Å². The Morgan fingerprint density at radius 3 is 0.935 bits per heavy atom. The van der Waals surface area contributed by atoms with E-state index < -0.39 is 0 Å². The van der Waals surface area contributed by atoms with Crippen LogP contribution in [0.15, 0.2) is 0 Å². The molecule has 0 amide bonds. The third-order valence-electron chi connectivity index (χ3n) is 15.7. The van der Waals surface area contributed by atoms with E-state index in [1.807, 2.05) is 0 Å². The van der Waals surface area contributed by atoms with Crippen LogP contribution in [0.5, 0.6) is 0 Å². The van der Waals surface area contributed by atoms with Crippen molar-refractivity contribution >= 4 is 0 Å². The van der Waals surface area contributed by atoms with Crippen LogP contribution in [0.3, 0.4) is 0 Å². The van der Waals surface area contributed by atoms with Gasteiger partial charge in [0, 0.05) is 0 Å². The first-order chi connectivity index (χ1) is 22.6. The molecular formula is C46H84. The average Bonchev–Trinajstić information content (AvgIpc) is 3.08. The molecule has 5 rings (SSSR count). The molecule has 0 N–H and O–H groups in total. The highest BCUT2D eigenvalue weighted by molar-refractivity contribution is 5.07. The van der Waals surface area contributed by atoms with Crippen LogP contribution in [0, 0.1) is 46.3 Å². The van der Waals surface area contributed by atoms with Gasteiger partial charge in [-0.3, -0.25) is 0 Å². The van der Waals surface area contributed by atoms with Crippen molar-refractivity contribution in [1.82, 2.24) is 0 Å². The predicted molar refractivity (Wildman–Crippen MR) is 203 cm³/mol. The molecule has 0 unspecified atom stereocenters. The molecule has 0 heteroatoms. The molecule has 0 aromatic carbocycles. The van der Waals surface area contributed by atoms with Crippen LogP contribution < -0.4 is 0 Å². The lowest BCUT2D eigenvalue weighted by Gasteiger charge is -2.62. The maximum atomic E-state index is 2.33. The maximum absolute atomic E-state index is 2.33. The van der Waals surface area contributed by atoms with E-state index in [0.717, 1.165) is 46.3 Å². The SMILES string of the molecule is CCCCCCCCCC[C@H]1CC[C@H](C2CCC3(CC2)CC2(CCC([C@H]4CC[C@H](CCCCCCCCCC)CC4)CC2)C3)CC1. The van der Waals surface area contributed by atoms with Gasteiger partial charge in [0.25, 0.3) is 0 Å². The van der Waals surface area contributed by atoms with Gasteiger partial charge in [0.1, 0.15) is 0 Å². The molecule has 0 heterocycles. The van der Waals surface area contributed by atoms with Gasteiger partial charge >= 0.3 is 0 Å². The summed E-state index contributed by atoms with van der Waals surface area (Å²) in [5.41, 5.74) is 1.62. The summed E-state index contributed by atoms with van der Waals surface area (Å²) in [6.45, 7) is 4.66. The fraction of sp³-hybridized carbons (Fsp3) is 1.00. The summed E-state index contributed by atoms with van der Waals surface area (Å²) >= 11 is 0. The Balaban J connectivity index is 0.876. The molecule has 0 nitrogen and oxygen atoms in total. The van der Waals surface area contributed by atoms with Crippen molar-refractivity contribution in [2.75, 3.05) is 0 Å². The highest BCUT2D eigenvalue weighted by Crippen LogP contribution is 2.67. The average molecular weight is 637 g/mol. The van der Waals surface area contributed by atoms with Gasteiger partial charge in [0.15, 0.2) is 0 Å². The highest BCUT2D eigenvalue weighted by atomic mass is 14.6. The molecule has 0 saturated heterocycles. The summed E-state index contributed by atoms with van der Waals surface area (Å²) in [6, 6.07) is 0. The Kier molecular flexibility index (Phi) is 16.2. The van der Waals surface area contributed by atoms with Gasteiger partial charge in [-0.25, -0.2) is 0 Å². The predicted octanol–water partition coefficient (Wildman–Crippen LogP) is 15.8. The normalized spacial score (nSPS) is 36.7. The largest absolute Gasteiger partial charge is 0.0654 e. The molecule has 5 aliphatic rings. The Morgan fingerprint density at radius 2 is 0.609 bits per heavy atom. The first kappa shape index (κ1) is 37.3. The molecule has 268 valence electrons. The second-order valence-corrected chi connectivity index (χ2v) is 19.1. The Morgan fingerprint density at radius 1 is 0.326 bits per heavy atom. The van der Waals surface area contributed by atoms with Crippen molar-refractivity contribution in [1.29, 1.82) is 0 Å². The van der Waals surface area contributed by atoms with Gasteiger partial charge in [-0.15, -0.1) is 0 Å². The van der Waals surface area contributed by atoms with Crippen LogP contribution in [0.2, 0.25) is 0 Å². The number of hydrogen-bond acceptors (Lipinski definition) is 0. The molecule has 5 saturated carbocycles. The second-order valence-electron chi connectivity index (χ2n) is 19.1. The van der Waals surface area contributed by atoms with Gasteiger partial charge in [-0.05, 0) is 136 Å². The summed E-state index contributed by atoms with van der Waals surface area (Å²) < 4.78 is 0. The van der Waals surface area contributed by atoms with E-state index in [9.17, 15) is 0 Å². The Hall–Kier alpha value is 0. The van der Waals surface area contributed by atoms with E-state index in [1.165, 1.54) is 103 Å². The molecule has 5 fully saturated rings. The van der Waals surface area contributed by atoms with Crippen molar-refractivity contribution in [2.45, 2.75) is 245 Å². The van der Waals surface area contributed by atoms with Gasteiger partial charge in [0.05, 0.1) is 0 Å². The fourth-order valence-electron chi connectivity index (χ4n) is 12.7. The van der Waals surface area contributed by atoms with Crippen LogP contribution in [-0.4, -0.2) is 0 Å². The summed E-state index contributed by atoms with van der Waals surface area (Å²) in [4.78, 5) is 0. The molecule has 0 aromatic heterocycles. The summed E-state index contributed by atoms with van der Waals surface area (Å²) in [5, 5.41) is 0. The maximum Gasteiger partial charge on any atom is -0.0287 e. The summed E-state index contributed by atoms with van der Waals surface area (Å²) in [5.74, 6) is 6.59. The second kappa shape index (κ2) is 20.0. The van der Waals surface area contributed by atoms with Crippen LogP contribution in [0.4, 0.5) is 0 Å². The molecule has 0 aliphatic heterocycles. The highest BCUT2D eigenvalue weighted by Gasteiger charge is 2.56.